The van der Waals surface area contributed by atoms with Crippen molar-refractivity contribution in [1.29, 1.82) is 0 Å². The van der Waals surface area contributed by atoms with Gasteiger partial charge in [-0.1, -0.05) is 39.5 Å². The number of hydrogen-bond donors (Lipinski definition) is 1. The summed E-state index contributed by atoms with van der Waals surface area (Å²) in [5.74, 6) is 0.943. The maximum Gasteiger partial charge on any atom is 0.0725 e. The van der Waals surface area contributed by atoms with E-state index in [9.17, 15) is 0 Å². The highest BCUT2D eigenvalue weighted by atomic mass is 16.5. The molecule has 102 valence electrons. The first-order valence-electron chi connectivity index (χ1n) is 7.66. The van der Waals surface area contributed by atoms with E-state index in [0.717, 1.165) is 25.5 Å². The van der Waals surface area contributed by atoms with Crippen LogP contribution in [0.2, 0.25) is 0 Å². The number of rotatable bonds is 9. The lowest BCUT2D eigenvalue weighted by molar-refractivity contribution is 0.0254. The van der Waals surface area contributed by atoms with Crippen LogP contribution in [0.3, 0.4) is 0 Å². The van der Waals surface area contributed by atoms with Crippen LogP contribution in [0.1, 0.15) is 65.7 Å². The molecule has 0 aliphatic heterocycles. The van der Waals surface area contributed by atoms with Gasteiger partial charge in [0.05, 0.1) is 6.10 Å². The fourth-order valence-corrected chi connectivity index (χ4v) is 3.03. The van der Waals surface area contributed by atoms with E-state index < -0.39 is 0 Å². The zero-order valence-electron chi connectivity index (χ0n) is 12.0. The van der Waals surface area contributed by atoms with Crippen molar-refractivity contribution >= 4 is 0 Å². The Kier molecular flexibility index (Phi) is 7.87. The molecule has 0 radical (unpaired) electrons. The molecule has 2 unspecified atom stereocenters. The third kappa shape index (κ3) is 5.39. The van der Waals surface area contributed by atoms with Crippen LogP contribution in [0.25, 0.3) is 0 Å². The third-order valence-electron chi connectivity index (χ3n) is 3.95. The van der Waals surface area contributed by atoms with Gasteiger partial charge in [0.15, 0.2) is 0 Å². The average Bonchev–Trinajstić information content (AvgIpc) is 2.84. The maximum atomic E-state index is 5.90. The lowest BCUT2D eigenvalue weighted by Crippen LogP contribution is -2.42. The van der Waals surface area contributed by atoms with E-state index in [1.54, 1.807) is 0 Å². The number of nitrogens with one attached hydrogen (secondary N) is 1. The van der Waals surface area contributed by atoms with Crippen LogP contribution >= 0.6 is 0 Å². The molecule has 0 aromatic heterocycles. The molecule has 2 nitrogen and oxygen atoms in total. The molecule has 2 atom stereocenters. The molecule has 1 fully saturated rings. The Hall–Kier alpha value is -0.0800. The summed E-state index contributed by atoms with van der Waals surface area (Å²) in [6, 6.07) is 0.572. The largest absolute Gasteiger partial charge is 0.377 e. The SMILES string of the molecule is CCCNC(CC1CCCC1)C(CC)OCC. The molecule has 1 aliphatic carbocycles. The third-order valence-corrected chi connectivity index (χ3v) is 3.95. The van der Waals surface area contributed by atoms with Crippen molar-refractivity contribution in [2.45, 2.75) is 77.9 Å². The van der Waals surface area contributed by atoms with Gasteiger partial charge in [0.25, 0.3) is 0 Å². The van der Waals surface area contributed by atoms with Crippen molar-refractivity contribution in [1.82, 2.24) is 5.32 Å². The molecule has 1 saturated carbocycles. The summed E-state index contributed by atoms with van der Waals surface area (Å²) in [6.45, 7) is 8.56. The topological polar surface area (TPSA) is 21.3 Å². The quantitative estimate of drug-likeness (QED) is 0.664. The highest BCUT2D eigenvalue weighted by molar-refractivity contribution is 4.81. The Morgan fingerprint density at radius 1 is 1.18 bits per heavy atom. The molecule has 0 aromatic rings. The van der Waals surface area contributed by atoms with Gasteiger partial charge in [0, 0.05) is 12.6 Å². The van der Waals surface area contributed by atoms with Crippen LogP contribution in [-0.2, 0) is 4.74 Å². The second kappa shape index (κ2) is 8.93. The minimum atomic E-state index is 0.409. The van der Waals surface area contributed by atoms with Crippen molar-refractivity contribution < 1.29 is 4.74 Å². The summed E-state index contributed by atoms with van der Waals surface area (Å²) >= 11 is 0. The Bertz CT molecular complexity index is 178. The summed E-state index contributed by atoms with van der Waals surface area (Å²) in [7, 11) is 0. The minimum absolute atomic E-state index is 0.409. The highest BCUT2D eigenvalue weighted by Gasteiger charge is 2.25. The summed E-state index contributed by atoms with van der Waals surface area (Å²) < 4.78 is 5.90. The monoisotopic (exact) mass is 241 g/mol. The molecule has 0 amide bonds. The Labute approximate surface area is 108 Å². The van der Waals surface area contributed by atoms with Gasteiger partial charge >= 0.3 is 0 Å². The first-order valence-corrected chi connectivity index (χ1v) is 7.66. The molecule has 2 heteroatoms. The fourth-order valence-electron chi connectivity index (χ4n) is 3.03. The molecular formula is C15H31NO. The van der Waals surface area contributed by atoms with Crippen molar-refractivity contribution in [3.63, 3.8) is 0 Å². The zero-order chi connectivity index (χ0) is 12.5. The molecule has 0 saturated heterocycles. The van der Waals surface area contributed by atoms with E-state index in [1.807, 2.05) is 0 Å². The van der Waals surface area contributed by atoms with Crippen LogP contribution in [0.15, 0.2) is 0 Å². The maximum absolute atomic E-state index is 5.90. The normalized spacial score (nSPS) is 20.6. The van der Waals surface area contributed by atoms with Crippen molar-refractivity contribution in [2.75, 3.05) is 13.2 Å². The Balaban J connectivity index is 2.44. The molecule has 1 aliphatic rings. The Morgan fingerprint density at radius 2 is 1.88 bits per heavy atom. The van der Waals surface area contributed by atoms with Crippen LogP contribution in [0.5, 0.6) is 0 Å². The lowest BCUT2D eigenvalue weighted by atomic mass is 9.94. The van der Waals surface area contributed by atoms with Gasteiger partial charge in [-0.3, -0.25) is 0 Å². The minimum Gasteiger partial charge on any atom is -0.377 e. The van der Waals surface area contributed by atoms with Crippen LogP contribution in [0, 0.1) is 5.92 Å². The molecular weight excluding hydrogens is 210 g/mol. The van der Waals surface area contributed by atoms with Crippen LogP contribution < -0.4 is 5.32 Å². The first kappa shape index (κ1) is 15.0. The summed E-state index contributed by atoms with van der Waals surface area (Å²) in [4.78, 5) is 0. The van der Waals surface area contributed by atoms with E-state index in [1.165, 1.54) is 38.5 Å². The van der Waals surface area contributed by atoms with Gasteiger partial charge in [-0.15, -0.1) is 0 Å². The molecule has 1 N–H and O–H groups in total. The zero-order valence-corrected chi connectivity index (χ0v) is 12.0. The average molecular weight is 241 g/mol. The van der Waals surface area contributed by atoms with Crippen molar-refractivity contribution in [2.24, 2.45) is 5.92 Å². The van der Waals surface area contributed by atoms with Gasteiger partial charge < -0.3 is 10.1 Å². The summed E-state index contributed by atoms with van der Waals surface area (Å²) in [5, 5.41) is 3.71. The fraction of sp³-hybridized carbons (Fsp3) is 1.00. The predicted molar refractivity (Wildman–Crippen MR) is 74.4 cm³/mol. The summed E-state index contributed by atoms with van der Waals surface area (Å²) in [6.07, 6.45) is 9.82. The standard InChI is InChI=1S/C15H31NO/c1-4-11-16-14(15(5-2)17-6-3)12-13-9-7-8-10-13/h13-16H,4-12H2,1-3H3. The number of hydrogen-bond acceptors (Lipinski definition) is 2. The van der Waals surface area contributed by atoms with Gasteiger partial charge in [0.2, 0.25) is 0 Å². The van der Waals surface area contributed by atoms with Gasteiger partial charge in [0.1, 0.15) is 0 Å². The van der Waals surface area contributed by atoms with E-state index in [4.69, 9.17) is 4.74 Å². The predicted octanol–water partition coefficient (Wildman–Crippen LogP) is 3.75. The smallest absolute Gasteiger partial charge is 0.0725 e. The molecule has 0 heterocycles. The van der Waals surface area contributed by atoms with Crippen molar-refractivity contribution in [3.8, 4) is 0 Å². The molecule has 0 bridgehead atoms. The van der Waals surface area contributed by atoms with Crippen molar-refractivity contribution in [3.05, 3.63) is 0 Å². The highest BCUT2D eigenvalue weighted by Crippen LogP contribution is 2.30. The second-order valence-electron chi connectivity index (χ2n) is 5.35. The van der Waals surface area contributed by atoms with E-state index in [2.05, 4.69) is 26.1 Å². The summed E-state index contributed by atoms with van der Waals surface area (Å²) in [5.41, 5.74) is 0. The van der Waals surface area contributed by atoms with Gasteiger partial charge in [-0.25, -0.2) is 0 Å². The Morgan fingerprint density at radius 3 is 2.41 bits per heavy atom. The van der Waals surface area contributed by atoms with E-state index in [-0.39, 0.29) is 0 Å². The molecule has 0 spiro atoms. The molecule has 1 rings (SSSR count). The van der Waals surface area contributed by atoms with E-state index in [0.29, 0.717) is 12.1 Å². The first-order chi connectivity index (χ1) is 8.31. The van der Waals surface area contributed by atoms with Crippen LogP contribution in [-0.4, -0.2) is 25.3 Å². The van der Waals surface area contributed by atoms with Gasteiger partial charge in [-0.05, 0) is 38.6 Å². The molecule has 0 aromatic carbocycles. The number of ether oxygens (including phenoxy) is 1. The lowest BCUT2D eigenvalue weighted by Gasteiger charge is -2.29. The van der Waals surface area contributed by atoms with Crippen LogP contribution in [0.4, 0.5) is 0 Å². The molecule has 17 heavy (non-hydrogen) atoms. The van der Waals surface area contributed by atoms with Gasteiger partial charge in [-0.2, -0.15) is 0 Å². The second-order valence-corrected chi connectivity index (χ2v) is 5.35. The van der Waals surface area contributed by atoms with E-state index >= 15 is 0 Å².